The van der Waals surface area contributed by atoms with Gasteiger partial charge in [-0.15, -0.1) is 0 Å². The van der Waals surface area contributed by atoms with Crippen molar-refractivity contribution >= 4 is 29.4 Å². The van der Waals surface area contributed by atoms with Gasteiger partial charge in [-0.25, -0.2) is 4.79 Å². The fraction of sp³-hybridized carbons (Fsp3) is 0.500. The van der Waals surface area contributed by atoms with Gasteiger partial charge in [0.05, 0.1) is 5.02 Å². The van der Waals surface area contributed by atoms with Crippen LogP contribution in [0.15, 0.2) is 42.7 Å². The first-order valence-electron chi connectivity index (χ1n) is 13.0. The van der Waals surface area contributed by atoms with Crippen LogP contribution in [0.25, 0.3) is 11.1 Å². The summed E-state index contributed by atoms with van der Waals surface area (Å²) >= 11 is 6.11. The smallest absolute Gasteiger partial charge is 0.322 e. The van der Waals surface area contributed by atoms with Gasteiger partial charge in [0, 0.05) is 37.5 Å². The number of likely N-dealkylation sites (tertiary alicyclic amines) is 1. The second-order valence-corrected chi connectivity index (χ2v) is 11.1. The normalized spacial score (nSPS) is 26.0. The average molecular weight is 509 g/mol. The standard InChI is InChI=1S/C28H33ClN4O3/c1-18-17-33(25(34)9-11-28(23-7-8-23)26(35)31-27(36)32-28)12-10-20(18)6-5-19-3-2-4-21(13-19)22-14-24(29)16-30-15-22/h2-4,13-16,18,20,23H,5-12,17H2,1H3,(H2,31,32,35,36)/t18-,20?,28?/m0/s1. The van der Waals surface area contributed by atoms with E-state index in [0.29, 0.717) is 23.3 Å². The van der Waals surface area contributed by atoms with E-state index in [1.54, 1.807) is 6.20 Å². The van der Waals surface area contributed by atoms with Crippen LogP contribution in [0.5, 0.6) is 0 Å². The number of benzene rings is 1. The van der Waals surface area contributed by atoms with E-state index in [4.69, 9.17) is 11.6 Å². The molecule has 3 aliphatic rings. The lowest BCUT2D eigenvalue weighted by Gasteiger charge is -2.37. The quantitative estimate of drug-likeness (QED) is 0.510. The maximum Gasteiger partial charge on any atom is 0.322 e. The zero-order valence-electron chi connectivity index (χ0n) is 20.6. The molecule has 7 nitrogen and oxygen atoms in total. The Hall–Kier alpha value is -2.93. The lowest BCUT2D eigenvalue weighted by molar-refractivity contribution is -0.134. The summed E-state index contributed by atoms with van der Waals surface area (Å²) in [6.45, 7) is 3.72. The number of halogens is 1. The number of aryl methyl sites for hydroxylation is 1. The highest BCUT2D eigenvalue weighted by molar-refractivity contribution is 6.30. The van der Waals surface area contributed by atoms with Crippen LogP contribution < -0.4 is 10.6 Å². The second kappa shape index (κ2) is 10.2. The highest BCUT2D eigenvalue weighted by atomic mass is 35.5. The van der Waals surface area contributed by atoms with Gasteiger partial charge < -0.3 is 10.2 Å². The fourth-order valence-electron chi connectivity index (χ4n) is 5.89. The second-order valence-electron chi connectivity index (χ2n) is 10.7. The number of nitrogens with one attached hydrogen (secondary N) is 2. The predicted octanol–water partition coefficient (Wildman–Crippen LogP) is 4.59. The molecular formula is C28H33ClN4O3. The molecule has 0 radical (unpaired) electrons. The number of piperidine rings is 1. The number of nitrogens with zero attached hydrogens (tertiary/aromatic N) is 2. The molecule has 2 unspecified atom stereocenters. The number of hydrogen-bond acceptors (Lipinski definition) is 4. The van der Waals surface area contributed by atoms with Gasteiger partial charge in [-0.05, 0) is 73.5 Å². The lowest BCUT2D eigenvalue weighted by Crippen LogP contribution is -2.50. The molecule has 2 N–H and O–H groups in total. The number of aromatic nitrogens is 1. The third-order valence-electron chi connectivity index (χ3n) is 8.18. The van der Waals surface area contributed by atoms with Crippen molar-refractivity contribution in [2.45, 2.75) is 57.4 Å². The van der Waals surface area contributed by atoms with Gasteiger partial charge in [0.1, 0.15) is 5.54 Å². The molecule has 3 atom stereocenters. The Morgan fingerprint density at radius 2 is 2.00 bits per heavy atom. The Balaban J connectivity index is 1.12. The van der Waals surface area contributed by atoms with Crippen molar-refractivity contribution in [1.82, 2.24) is 20.5 Å². The summed E-state index contributed by atoms with van der Waals surface area (Å²) in [5.74, 6) is 0.927. The first-order chi connectivity index (χ1) is 17.3. The van der Waals surface area contributed by atoms with Gasteiger partial charge in [0.25, 0.3) is 5.91 Å². The van der Waals surface area contributed by atoms with Crippen molar-refractivity contribution < 1.29 is 14.4 Å². The molecule has 0 spiro atoms. The van der Waals surface area contributed by atoms with Crippen molar-refractivity contribution in [1.29, 1.82) is 0 Å². The first-order valence-corrected chi connectivity index (χ1v) is 13.3. The summed E-state index contributed by atoms with van der Waals surface area (Å²) in [7, 11) is 0. The van der Waals surface area contributed by atoms with Crippen LogP contribution in [-0.2, 0) is 16.0 Å². The van der Waals surface area contributed by atoms with Crippen molar-refractivity contribution in [3.8, 4) is 11.1 Å². The fourth-order valence-corrected chi connectivity index (χ4v) is 6.06. The van der Waals surface area contributed by atoms with Gasteiger partial charge >= 0.3 is 6.03 Å². The number of hydrogen-bond donors (Lipinski definition) is 2. The van der Waals surface area contributed by atoms with Crippen LogP contribution in [0, 0.1) is 17.8 Å². The van der Waals surface area contributed by atoms with E-state index in [0.717, 1.165) is 56.3 Å². The first kappa shape index (κ1) is 24.8. The number of urea groups is 1. The number of imide groups is 1. The van der Waals surface area contributed by atoms with Gasteiger partial charge in [0.15, 0.2) is 0 Å². The zero-order chi connectivity index (χ0) is 25.3. The average Bonchev–Trinajstić information content (AvgIpc) is 3.67. The molecule has 1 aliphatic carbocycles. The van der Waals surface area contributed by atoms with E-state index in [1.165, 1.54) is 5.56 Å². The summed E-state index contributed by atoms with van der Waals surface area (Å²) in [5, 5.41) is 5.82. The molecular weight excluding hydrogens is 476 g/mol. The van der Waals surface area contributed by atoms with Crippen LogP contribution in [0.4, 0.5) is 4.79 Å². The maximum atomic E-state index is 13.0. The molecule has 4 amide bonds. The number of amides is 4. The number of pyridine rings is 1. The van der Waals surface area contributed by atoms with Crippen LogP contribution in [0.3, 0.4) is 0 Å². The zero-order valence-corrected chi connectivity index (χ0v) is 21.4. The highest BCUT2D eigenvalue weighted by Crippen LogP contribution is 2.44. The third-order valence-corrected chi connectivity index (χ3v) is 8.39. The lowest BCUT2D eigenvalue weighted by atomic mass is 9.82. The third kappa shape index (κ3) is 5.26. The molecule has 0 bridgehead atoms. The van der Waals surface area contributed by atoms with Crippen LogP contribution in [0.2, 0.25) is 5.02 Å². The SMILES string of the molecule is C[C@H]1CN(C(=O)CCC2(C3CC3)NC(=O)NC2=O)CCC1CCc1cccc(-c2cncc(Cl)c2)c1. The van der Waals surface area contributed by atoms with E-state index < -0.39 is 11.6 Å². The van der Waals surface area contributed by atoms with Gasteiger partial charge in [-0.2, -0.15) is 0 Å². The van der Waals surface area contributed by atoms with Crippen molar-refractivity contribution in [3.63, 3.8) is 0 Å². The Kier molecular flexibility index (Phi) is 7.02. The van der Waals surface area contributed by atoms with Crippen molar-refractivity contribution in [3.05, 3.63) is 53.3 Å². The van der Waals surface area contributed by atoms with E-state index in [9.17, 15) is 14.4 Å². The maximum absolute atomic E-state index is 13.0. The number of carbonyl (C=O) groups excluding carboxylic acids is 3. The van der Waals surface area contributed by atoms with E-state index >= 15 is 0 Å². The predicted molar refractivity (Wildman–Crippen MR) is 138 cm³/mol. The van der Waals surface area contributed by atoms with E-state index in [-0.39, 0.29) is 24.2 Å². The molecule has 1 aromatic carbocycles. The van der Waals surface area contributed by atoms with Crippen molar-refractivity contribution in [2.24, 2.45) is 17.8 Å². The molecule has 3 fully saturated rings. The van der Waals surface area contributed by atoms with Gasteiger partial charge in [-0.3, -0.25) is 19.9 Å². The Bertz CT molecular complexity index is 1170. The molecule has 1 aromatic heterocycles. The summed E-state index contributed by atoms with van der Waals surface area (Å²) in [6.07, 6.45) is 9.03. The summed E-state index contributed by atoms with van der Waals surface area (Å²) in [5.41, 5.74) is 2.53. The van der Waals surface area contributed by atoms with Crippen molar-refractivity contribution in [2.75, 3.05) is 13.1 Å². The molecule has 8 heteroatoms. The van der Waals surface area contributed by atoms with Gasteiger partial charge in [-0.1, -0.05) is 42.8 Å². The number of rotatable bonds is 8. The topological polar surface area (TPSA) is 91.4 Å². The minimum Gasteiger partial charge on any atom is -0.342 e. The van der Waals surface area contributed by atoms with E-state index in [1.807, 2.05) is 17.2 Å². The summed E-state index contributed by atoms with van der Waals surface area (Å²) in [4.78, 5) is 43.4. The van der Waals surface area contributed by atoms with E-state index in [2.05, 4.69) is 46.8 Å². The summed E-state index contributed by atoms with van der Waals surface area (Å²) in [6, 6.07) is 10.0. The molecule has 5 rings (SSSR count). The highest BCUT2D eigenvalue weighted by Gasteiger charge is 2.55. The Morgan fingerprint density at radius 3 is 2.69 bits per heavy atom. The van der Waals surface area contributed by atoms with Crippen LogP contribution >= 0.6 is 11.6 Å². The largest absolute Gasteiger partial charge is 0.342 e. The monoisotopic (exact) mass is 508 g/mol. The Morgan fingerprint density at radius 1 is 1.17 bits per heavy atom. The molecule has 190 valence electrons. The van der Waals surface area contributed by atoms with Crippen LogP contribution in [0.1, 0.15) is 51.0 Å². The van der Waals surface area contributed by atoms with Gasteiger partial charge in [0.2, 0.25) is 5.91 Å². The molecule has 2 aliphatic heterocycles. The summed E-state index contributed by atoms with van der Waals surface area (Å²) < 4.78 is 0. The van der Waals surface area contributed by atoms with Crippen LogP contribution in [-0.4, -0.2) is 46.4 Å². The molecule has 36 heavy (non-hydrogen) atoms. The molecule has 2 aromatic rings. The number of carbonyl (C=O) groups is 3. The minimum absolute atomic E-state index is 0.0807. The minimum atomic E-state index is -0.896. The molecule has 3 heterocycles. The Labute approximate surface area is 217 Å². The molecule has 2 saturated heterocycles. The molecule has 1 saturated carbocycles.